The predicted octanol–water partition coefficient (Wildman–Crippen LogP) is 1.38. The van der Waals surface area contributed by atoms with E-state index < -0.39 is 0 Å². The zero-order chi connectivity index (χ0) is 13.5. The summed E-state index contributed by atoms with van der Waals surface area (Å²) in [4.78, 5) is 14.2. The molecule has 1 saturated carbocycles. The molecule has 1 aliphatic carbocycles. The number of aliphatic hydroxyl groups is 1. The molecule has 1 amide bonds. The van der Waals surface area contributed by atoms with Gasteiger partial charge in [-0.1, -0.05) is 13.3 Å². The van der Waals surface area contributed by atoms with E-state index in [1.165, 1.54) is 0 Å². The highest BCUT2D eigenvalue weighted by Gasteiger charge is 2.25. The second kappa shape index (κ2) is 7.74. The Morgan fingerprint density at radius 3 is 2.39 bits per heavy atom. The summed E-state index contributed by atoms with van der Waals surface area (Å²) in [6, 6.07) is 0.296. The van der Waals surface area contributed by atoms with Crippen LogP contribution in [0.25, 0.3) is 0 Å². The van der Waals surface area contributed by atoms with Crippen LogP contribution in [0.1, 0.15) is 45.4 Å². The summed E-state index contributed by atoms with van der Waals surface area (Å²) < 4.78 is 0. The lowest BCUT2D eigenvalue weighted by Crippen LogP contribution is -2.48. The SMILES string of the molecule is CCCC(C(=O)NC1CCC(CO)CC1)N(C)C. The number of nitrogens with one attached hydrogen (secondary N) is 1. The van der Waals surface area contributed by atoms with Gasteiger partial charge >= 0.3 is 0 Å². The Morgan fingerprint density at radius 1 is 1.33 bits per heavy atom. The van der Waals surface area contributed by atoms with Crippen molar-refractivity contribution in [2.75, 3.05) is 20.7 Å². The van der Waals surface area contributed by atoms with E-state index in [0.717, 1.165) is 38.5 Å². The maximum Gasteiger partial charge on any atom is 0.237 e. The first-order chi connectivity index (χ1) is 8.58. The number of aliphatic hydroxyl groups excluding tert-OH is 1. The van der Waals surface area contributed by atoms with E-state index in [1.54, 1.807) is 0 Å². The van der Waals surface area contributed by atoms with Crippen LogP contribution in [0.15, 0.2) is 0 Å². The summed E-state index contributed by atoms with van der Waals surface area (Å²) in [5, 5.41) is 12.3. The van der Waals surface area contributed by atoms with Gasteiger partial charge in [-0.3, -0.25) is 9.69 Å². The van der Waals surface area contributed by atoms with Crippen LogP contribution < -0.4 is 5.32 Å². The van der Waals surface area contributed by atoms with E-state index in [0.29, 0.717) is 12.0 Å². The minimum atomic E-state index is -0.00874. The lowest BCUT2D eigenvalue weighted by atomic mass is 9.86. The van der Waals surface area contributed by atoms with Gasteiger partial charge in [0.1, 0.15) is 0 Å². The zero-order valence-electron chi connectivity index (χ0n) is 12.0. The van der Waals surface area contributed by atoms with Gasteiger partial charge in [0.15, 0.2) is 0 Å². The summed E-state index contributed by atoms with van der Waals surface area (Å²) in [7, 11) is 3.92. The first kappa shape index (κ1) is 15.4. The molecule has 2 N–H and O–H groups in total. The fraction of sp³-hybridized carbons (Fsp3) is 0.929. The summed E-state index contributed by atoms with van der Waals surface area (Å²) in [5.74, 6) is 0.604. The van der Waals surface area contributed by atoms with Crippen LogP contribution in [0.5, 0.6) is 0 Å². The molecule has 1 atom stereocenters. The molecule has 106 valence electrons. The summed E-state index contributed by atoms with van der Waals surface area (Å²) >= 11 is 0. The van der Waals surface area contributed by atoms with Gasteiger partial charge in [-0.2, -0.15) is 0 Å². The molecule has 1 unspecified atom stereocenters. The van der Waals surface area contributed by atoms with Crippen molar-refractivity contribution >= 4 is 5.91 Å². The fourth-order valence-corrected chi connectivity index (χ4v) is 2.68. The lowest BCUT2D eigenvalue weighted by molar-refractivity contribution is -0.126. The quantitative estimate of drug-likeness (QED) is 0.755. The summed E-state index contributed by atoms with van der Waals surface area (Å²) in [6.07, 6.45) is 5.99. The molecule has 0 radical (unpaired) electrons. The van der Waals surface area contributed by atoms with Crippen LogP contribution in [0.3, 0.4) is 0 Å². The Hall–Kier alpha value is -0.610. The third kappa shape index (κ3) is 4.58. The molecular formula is C14H28N2O2. The first-order valence-corrected chi connectivity index (χ1v) is 7.16. The lowest BCUT2D eigenvalue weighted by Gasteiger charge is -2.30. The van der Waals surface area contributed by atoms with Crippen LogP contribution in [0.2, 0.25) is 0 Å². The summed E-state index contributed by atoms with van der Waals surface area (Å²) in [6.45, 7) is 2.40. The maximum absolute atomic E-state index is 12.2. The minimum absolute atomic E-state index is 0.00874. The Balaban J connectivity index is 2.39. The maximum atomic E-state index is 12.2. The monoisotopic (exact) mass is 256 g/mol. The molecule has 4 nitrogen and oxygen atoms in total. The molecule has 0 aromatic heterocycles. The van der Waals surface area contributed by atoms with Crippen molar-refractivity contribution in [3.8, 4) is 0 Å². The van der Waals surface area contributed by atoms with E-state index >= 15 is 0 Å². The molecule has 1 aliphatic rings. The van der Waals surface area contributed by atoms with Crippen LogP contribution >= 0.6 is 0 Å². The number of rotatable bonds is 6. The molecule has 1 rings (SSSR count). The number of nitrogens with zero attached hydrogens (tertiary/aromatic N) is 1. The molecule has 0 aliphatic heterocycles. The van der Waals surface area contributed by atoms with Crippen molar-refractivity contribution in [1.82, 2.24) is 10.2 Å². The molecule has 0 aromatic rings. The summed E-state index contributed by atoms with van der Waals surface area (Å²) in [5.41, 5.74) is 0. The minimum Gasteiger partial charge on any atom is -0.396 e. The number of amides is 1. The van der Waals surface area contributed by atoms with Gasteiger partial charge < -0.3 is 10.4 Å². The molecule has 0 heterocycles. The van der Waals surface area contributed by atoms with Crippen LogP contribution in [-0.4, -0.2) is 48.7 Å². The topological polar surface area (TPSA) is 52.6 Å². The van der Waals surface area contributed by atoms with E-state index in [4.69, 9.17) is 5.11 Å². The average Bonchev–Trinajstić information content (AvgIpc) is 2.36. The van der Waals surface area contributed by atoms with E-state index in [9.17, 15) is 4.79 Å². The van der Waals surface area contributed by atoms with Crippen molar-refractivity contribution in [2.45, 2.75) is 57.5 Å². The number of carbonyl (C=O) groups excluding carboxylic acids is 1. The van der Waals surface area contributed by atoms with E-state index in [-0.39, 0.29) is 18.6 Å². The predicted molar refractivity (Wildman–Crippen MR) is 73.4 cm³/mol. The highest BCUT2D eigenvalue weighted by Crippen LogP contribution is 2.23. The molecule has 0 spiro atoms. The molecule has 4 heteroatoms. The highest BCUT2D eigenvalue weighted by molar-refractivity contribution is 5.81. The molecule has 0 bridgehead atoms. The van der Waals surface area contributed by atoms with Crippen molar-refractivity contribution < 1.29 is 9.90 Å². The highest BCUT2D eigenvalue weighted by atomic mass is 16.3. The Bertz CT molecular complexity index is 248. The van der Waals surface area contributed by atoms with Crippen LogP contribution in [0, 0.1) is 5.92 Å². The van der Waals surface area contributed by atoms with Gasteiger partial charge in [0.2, 0.25) is 5.91 Å². The zero-order valence-corrected chi connectivity index (χ0v) is 12.0. The second-order valence-electron chi connectivity index (χ2n) is 5.68. The van der Waals surface area contributed by atoms with Gasteiger partial charge in [-0.15, -0.1) is 0 Å². The van der Waals surface area contributed by atoms with E-state index in [1.807, 2.05) is 19.0 Å². The molecule has 0 saturated heterocycles. The number of hydrogen-bond donors (Lipinski definition) is 2. The molecule has 18 heavy (non-hydrogen) atoms. The van der Waals surface area contributed by atoms with Gasteiger partial charge in [0.25, 0.3) is 0 Å². The van der Waals surface area contributed by atoms with Crippen LogP contribution in [0.4, 0.5) is 0 Å². The fourth-order valence-electron chi connectivity index (χ4n) is 2.68. The number of likely N-dealkylation sites (N-methyl/N-ethyl adjacent to an activating group) is 1. The van der Waals surface area contributed by atoms with Gasteiger partial charge in [-0.05, 0) is 52.1 Å². The average molecular weight is 256 g/mol. The smallest absolute Gasteiger partial charge is 0.237 e. The van der Waals surface area contributed by atoms with Crippen molar-refractivity contribution in [3.63, 3.8) is 0 Å². The largest absolute Gasteiger partial charge is 0.396 e. The number of carbonyl (C=O) groups is 1. The standard InChI is InChI=1S/C14H28N2O2/c1-4-5-13(16(2)3)14(18)15-12-8-6-11(10-17)7-9-12/h11-13,17H,4-10H2,1-3H3,(H,15,18). The van der Waals surface area contributed by atoms with Gasteiger partial charge in [0, 0.05) is 12.6 Å². The molecule has 0 aromatic carbocycles. The van der Waals surface area contributed by atoms with E-state index in [2.05, 4.69) is 12.2 Å². The first-order valence-electron chi connectivity index (χ1n) is 7.16. The Labute approximate surface area is 111 Å². The Kier molecular flexibility index (Phi) is 6.65. The molecule has 1 fully saturated rings. The third-order valence-corrected chi connectivity index (χ3v) is 3.94. The van der Waals surface area contributed by atoms with Gasteiger partial charge in [-0.25, -0.2) is 0 Å². The molecular weight excluding hydrogens is 228 g/mol. The second-order valence-corrected chi connectivity index (χ2v) is 5.68. The van der Waals surface area contributed by atoms with Crippen molar-refractivity contribution in [1.29, 1.82) is 0 Å². The number of hydrogen-bond acceptors (Lipinski definition) is 3. The van der Waals surface area contributed by atoms with Gasteiger partial charge in [0.05, 0.1) is 6.04 Å². The Morgan fingerprint density at radius 2 is 1.94 bits per heavy atom. The third-order valence-electron chi connectivity index (χ3n) is 3.94. The van der Waals surface area contributed by atoms with Crippen LogP contribution in [-0.2, 0) is 4.79 Å². The normalized spacial score (nSPS) is 26.1. The van der Waals surface area contributed by atoms with Crippen molar-refractivity contribution in [2.24, 2.45) is 5.92 Å². The van der Waals surface area contributed by atoms with Crippen molar-refractivity contribution in [3.05, 3.63) is 0 Å².